The van der Waals surface area contributed by atoms with E-state index in [2.05, 4.69) is 0 Å². The van der Waals surface area contributed by atoms with Gasteiger partial charge in [-0.25, -0.2) is 0 Å². The smallest absolute Gasteiger partial charge is 0.328 e. The second-order valence-corrected chi connectivity index (χ2v) is 5.99. The molecule has 0 radical (unpaired) electrons. The van der Waals surface area contributed by atoms with Crippen LogP contribution in [0.4, 0.5) is 0 Å². The lowest BCUT2D eigenvalue weighted by Crippen LogP contribution is -2.35. The van der Waals surface area contributed by atoms with Gasteiger partial charge in [-0.2, -0.15) is 0 Å². The van der Waals surface area contributed by atoms with Crippen molar-refractivity contribution in [2.45, 2.75) is 13.8 Å². The number of ketones is 1. The Morgan fingerprint density at radius 2 is 1.37 bits per heavy atom. The lowest BCUT2D eigenvalue weighted by Gasteiger charge is -2.15. The van der Waals surface area contributed by atoms with Crippen LogP contribution in [0.2, 0.25) is 0 Å². The van der Waals surface area contributed by atoms with E-state index in [-0.39, 0.29) is 13.2 Å². The molecule has 0 bridgehead atoms. The predicted octanol–water partition coefficient (Wildman–Crippen LogP) is 3.92. The first kappa shape index (κ1) is 18.6. The van der Waals surface area contributed by atoms with E-state index in [1.54, 1.807) is 26.0 Å². The van der Waals surface area contributed by atoms with E-state index < -0.39 is 23.6 Å². The first-order chi connectivity index (χ1) is 13.1. The summed E-state index contributed by atoms with van der Waals surface area (Å²) in [6.07, 6.45) is 0. The van der Waals surface area contributed by atoms with Gasteiger partial charge in [0, 0.05) is 5.56 Å². The van der Waals surface area contributed by atoms with Crippen molar-refractivity contribution in [3.63, 3.8) is 0 Å². The molecule has 0 aliphatic heterocycles. The van der Waals surface area contributed by atoms with Gasteiger partial charge < -0.3 is 9.47 Å². The Morgan fingerprint density at radius 3 is 2.04 bits per heavy atom. The van der Waals surface area contributed by atoms with Crippen LogP contribution in [-0.2, 0) is 19.1 Å². The molecule has 0 fully saturated rings. The van der Waals surface area contributed by atoms with E-state index >= 15 is 0 Å². The van der Waals surface area contributed by atoms with Crippen molar-refractivity contribution < 1.29 is 23.9 Å². The van der Waals surface area contributed by atoms with Crippen LogP contribution in [-0.4, -0.2) is 30.9 Å². The number of rotatable bonds is 6. The lowest BCUT2D eigenvalue weighted by atomic mass is 9.91. The highest BCUT2D eigenvalue weighted by atomic mass is 16.6. The number of hydrogen-bond acceptors (Lipinski definition) is 5. The average molecular weight is 364 g/mol. The topological polar surface area (TPSA) is 69.7 Å². The standard InChI is InChI=1S/C22H20O5/c1-3-26-21(24)19(22(25)27-4-2)20(23)18-11-7-10-16-15-9-6-5-8-14(15)12-13-17(16)18/h5-13,19H,3-4H2,1-2H3. The van der Waals surface area contributed by atoms with Crippen molar-refractivity contribution in [3.05, 3.63) is 60.2 Å². The molecule has 5 nitrogen and oxygen atoms in total. The maximum Gasteiger partial charge on any atom is 0.328 e. The number of ether oxygens (including phenoxy) is 2. The van der Waals surface area contributed by atoms with Gasteiger partial charge in [0.15, 0.2) is 5.78 Å². The molecule has 0 amide bonds. The van der Waals surface area contributed by atoms with Crippen LogP contribution < -0.4 is 0 Å². The Kier molecular flexibility index (Phi) is 5.50. The maximum absolute atomic E-state index is 13.1. The normalized spacial score (nSPS) is 10.9. The van der Waals surface area contributed by atoms with Crippen molar-refractivity contribution in [1.29, 1.82) is 0 Å². The van der Waals surface area contributed by atoms with Gasteiger partial charge >= 0.3 is 11.9 Å². The number of benzene rings is 3. The highest BCUT2D eigenvalue weighted by Gasteiger charge is 2.38. The summed E-state index contributed by atoms with van der Waals surface area (Å²) in [7, 11) is 0. The number of esters is 2. The van der Waals surface area contributed by atoms with Crippen LogP contribution in [0.15, 0.2) is 54.6 Å². The molecule has 0 aliphatic rings. The number of carbonyl (C=O) groups excluding carboxylic acids is 3. The third-order valence-electron chi connectivity index (χ3n) is 4.36. The Bertz CT molecular complexity index is 1000. The summed E-state index contributed by atoms with van der Waals surface area (Å²) in [5.41, 5.74) is 0.296. The van der Waals surface area contributed by atoms with E-state index in [0.29, 0.717) is 10.9 Å². The van der Waals surface area contributed by atoms with E-state index in [4.69, 9.17) is 9.47 Å². The molecule has 0 unspecified atom stereocenters. The van der Waals surface area contributed by atoms with Crippen LogP contribution in [0.25, 0.3) is 21.5 Å². The average Bonchev–Trinajstić information content (AvgIpc) is 2.68. The highest BCUT2D eigenvalue weighted by molar-refractivity contribution is 6.25. The minimum atomic E-state index is -1.62. The number of hydrogen-bond donors (Lipinski definition) is 0. The van der Waals surface area contributed by atoms with Gasteiger partial charge in [0.2, 0.25) is 5.92 Å². The summed E-state index contributed by atoms with van der Waals surface area (Å²) in [4.78, 5) is 37.7. The van der Waals surface area contributed by atoms with Crippen molar-refractivity contribution in [3.8, 4) is 0 Å². The first-order valence-electron chi connectivity index (χ1n) is 8.86. The predicted molar refractivity (Wildman–Crippen MR) is 103 cm³/mol. The first-order valence-corrected chi connectivity index (χ1v) is 8.86. The second-order valence-electron chi connectivity index (χ2n) is 5.99. The van der Waals surface area contributed by atoms with Gasteiger partial charge in [-0.05, 0) is 35.4 Å². The zero-order valence-electron chi connectivity index (χ0n) is 15.2. The Morgan fingerprint density at radius 1 is 0.741 bits per heavy atom. The molecule has 0 aliphatic carbocycles. The monoisotopic (exact) mass is 364 g/mol. The highest BCUT2D eigenvalue weighted by Crippen LogP contribution is 2.29. The molecule has 0 saturated heterocycles. The Hall–Kier alpha value is -3.21. The molecule has 0 saturated carbocycles. The minimum Gasteiger partial charge on any atom is -0.465 e. The largest absolute Gasteiger partial charge is 0.465 e. The lowest BCUT2D eigenvalue weighted by molar-refractivity contribution is -0.158. The van der Waals surface area contributed by atoms with Crippen LogP contribution >= 0.6 is 0 Å². The molecule has 0 atom stereocenters. The summed E-state index contributed by atoms with van der Waals surface area (Å²) in [6.45, 7) is 3.38. The van der Waals surface area contributed by atoms with Crippen LogP contribution in [0, 0.1) is 5.92 Å². The second kappa shape index (κ2) is 7.99. The molecule has 138 valence electrons. The molecule has 5 heteroatoms. The van der Waals surface area contributed by atoms with E-state index in [0.717, 1.165) is 16.2 Å². The van der Waals surface area contributed by atoms with Crippen molar-refractivity contribution in [2.75, 3.05) is 13.2 Å². The molecule has 0 N–H and O–H groups in total. The van der Waals surface area contributed by atoms with Gasteiger partial charge in [0.1, 0.15) is 0 Å². The summed E-state index contributed by atoms with van der Waals surface area (Å²) in [5.74, 6) is -4.02. The fourth-order valence-electron chi connectivity index (χ4n) is 3.17. The molecule has 0 spiro atoms. The van der Waals surface area contributed by atoms with Crippen molar-refractivity contribution in [2.24, 2.45) is 5.92 Å². The summed E-state index contributed by atoms with van der Waals surface area (Å²) in [6, 6.07) is 16.9. The molecule has 0 aromatic heterocycles. The molecule has 3 aromatic rings. The third-order valence-corrected chi connectivity index (χ3v) is 4.36. The van der Waals surface area contributed by atoms with E-state index in [1.165, 1.54) is 0 Å². The zero-order valence-corrected chi connectivity index (χ0v) is 15.2. The van der Waals surface area contributed by atoms with Gasteiger partial charge in [0.25, 0.3) is 0 Å². The molecule has 3 aromatic carbocycles. The van der Waals surface area contributed by atoms with Gasteiger partial charge in [-0.3, -0.25) is 14.4 Å². The molecular formula is C22H20O5. The van der Waals surface area contributed by atoms with E-state index in [1.807, 2.05) is 42.5 Å². The van der Waals surface area contributed by atoms with Crippen LogP contribution in [0.3, 0.4) is 0 Å². The van der Waals surface area contributed by atoms with Crippen LogP contribution in [0.5, 0.6) is 0 Å². The molecular weight excluding hydrogens is 344 g/mol. The maximum atomic E-state index is 13.1. The Balaban J connectivity index is 2.14. The molecule has 0 heterocycles. The van der Waals surface area contributed by atoms with E-state index in [9.17, 15) is 14.4 Å². The number of carbonyl (C=O) groups is 3. The Labute approximate surface area is 156 Å². The zero-order chi connectivity index (χ0) is 19.4. The molecule has 27 heavy (non-hydrogen) atoms. The minimum absolute atomic E-state index is 0.0716. The fourth-order valence-corrected chi connectivity index (χ4v) is 3.17. The van der Waals surface area contributed by atoms with Gasteiger partial charge in [-0.15, -0.1) is 0 Å². The number of fused-ring (bicyclic) bond motifs is 3. The van der Waals surface area contributed by atoms with Crippen molar-refractivity contribution in [1.82, 2.24) is 0 Å². The fraction of sp³-hybridized carbons (Fsp3) is 0.227. The molecule has 3 rings (SSSR count). The quantitative estimate of drug-likeness (QED) is 0.287. The third kappa shape index (κ3) is 3.53. The van der Waals surface area contributed by atoms with Crippen LogP contribution in [0.1, 0.15) is 24.2 Å². The van der Waals surface area contributed by atoms with Gasteiger partial charge in [-0.1, -0.05) is 54.6 Å². The SMILES string of the molecule is CCOC(=O)C(C(=O)OCC)C(=O)c1cccc2c1ccc1ccccc12. The summed E-state index contributed by atoms with van der Waals surface area (Å²) >= 11 is 0. The summed E-state index contributed by atoms with van der Waals surface area (Å²) in [5, 5.41) is 3.60. The number of Topliss-reactive ketones (excluding diaryl/α,β-unsaturated/α-hetero) is 1. The summed E-state index contributed by atoms with van der Waals surface area (Å²) < 4.78 is 9.87. The van der Waals surface area contributed by atoms with Crippen molar-refractivity contribution >= 4 is 39.3 Å². The van der Waals surface area contributed by atoms with Gasteiger partial charge in [0.05, 0.1) is 13.2 Å².